The molecule has 156 valence electrons. The number of fused-ring (bicyclic) bond motifs is 1. The molecule has 2 heterocycles. The lowest BCUT2D eigenvalue weighted by Gasteiger charge is -2.41. The summed E-state index contributed by atoms with van der Waals surface area (Å²) in [4.78, 5) is 42.1. The SMILES string of the molecule is CC1(C)OCCN2C(=O)C(=O)C(C(=O)NCc3ccc(F)cc3S(N)(=O)=O)N=C21. The van der Waals surface area contributed by atoms with Crippen molar-refractivity contribution in [3.63, 3.8) is 0 Å². The number of rotatable bonds is 4. The van der Waals surface area contributed by atoms with Crippen molar-refractivity contribution in [2.75, 3.05) is 13.2 Å². The zero-order chi connectivity index (χ0) is 21.6. The highest BCUT2D eigenvalue weighted by Gasteiger charge is 2.47. The van der Waals surface area contributed by atoms with Crippen molar-refractivity contribution in [2.24, 2.45) is 10.1 Å². The molecular weight excluding hydrogens is 407 g/mol. The van der Waals surface area contributed by atoms with Gasteiger partial charge < -0.3 is 10.1 Å². The van der Waals surface area contributed by atoms with Crippen LogP contribution in [0.2, 0.25) is 0 Å². The highest BCUT2D eigenvalue weighted by Crippen LogP contribution is 2.24. The average Bonchev–Trinajstić information content (AvgIpc) is 2.62. The van der Waals surface area contributed by atoms with Crippen molar-refractivity contribution in [2.45, 2.75) is 36.9 Å². The highest BCUT2D eigenvalue weighted by molar-refractivity contribution is 7.89. The normalized spacial score (nSPS) is 21.4. The molecule has 10 nitrogen and oxygen atoms in total. The first kappa shape index (κ1) is 21.0. The van der Waals surface area contributed by atoms with Crippen molar-refractivity contribution in [3.8, 4) is 0 Å². The number of carbonyl (C=O) groups is 3. The van der Waals surface area contributed by atoms with Crippen LogP contribution >= 0.6 is 0 Å². The Bertz CT molecular complexity index is 1040. The molecule has 1 aromatic carbocycles. The number of halogens is 1. The van der Waals surface area contributed by atoms with Crippen LogP contribution in [0.4, 0.5) is 4.39 Å². The number of Topliss-reactive ketones (excluding diaryl/α,β-unsaturated/α-hetero) is 1. The quantitative estimate of drug-likeness (QED) is 0.470. The molecule has 1 fully saturated rings. The Morgan fingerprint density at radius 2 is 2.10 bits per heavy atom. The number of nitrogens with two attached hydrogens (primary N) is 1. The van der Waals surface area contributed by atoms with Crippen LogP contribution in [0.25, 0.3) is 0 Å². The minimum atomic E-state index is -4.24. The van der Waals surface area contributed by atoms with Gasteiger partial charge in [-0.1, -0.05) is 6.07 Å². The number of ether oxygens (including phenoxy) is 1. The zero-order valence-electron chi connectivity index (χ0n) is 15.6. The van der Waals surface area contributed by atoms with Crippen molar-refractivity contribution in [1.82, 2.24) is 10.2 Å². The number of benzene rings is 1. The summed E-state index contributed by atoms with van der Waals surface area (Å²) in [6.45, 7) is 3.33. The summed E-state index contributed by atoms with van der Waals surface area (Å²) in [6.07, 6.45) is 0. The largest absolute Gasteiger partial charge is 0.366 e. The number of nitrogens with one attached hydrogen (secondary N) is 1. The van der Waals surface area contributed by atoms with E-state index in [2.05, 4.69) is 10.3 Å². The van der Waals surface area contributed by atoms with Crippen molar-refractivity contribution >= 4 is 33.5 Å². The number of primary sulfonamides is 1. The van der Waals surface area contributed by atoms with E-state index >= 15 is 0 Å². The van der Waals surface area contributed by atoms with Crippen molar-refractivity contribution in [1.29, 1.82) is 0 Å². The third kappa shape index (κ3) is 4.04. The second-order valence-electron chi connectivity index (χ2n) is 7.05. The molecule has 1 saturated heterocycles. The van der Waals surface area contributed by atoms with Gasteiger partial charge >= 0.3 is 0 Å². The van der Waals surface area contributed by atoms with Crippen LogP contribution in [0.5, 0.6) is 0 Å². The molecule has 2 amide bonds. The zero-order valence-corrected chi connectivity index (χ0v) is 16.5. The van der Waals surface area contributed by atoms with E-state index in [4.69, 9.17) is 9.88 Å². The summed E-state index contributed by atoms with van der Waals surface area (Å²) in [5, 5.41) is 7.43. The van der Waals surface area contributed by atoms with Gasteiger partial charge in [0.15, 0.2) is 6.04 Å². The average molecular weight is 426 g/mol. The van der Waals surface area contributed by atoms with Gasteiger partial charge in [-0.25, -0.2) is 22.9 Å². The van der Waals surface area contributed by atoms with E-state index in [1.54, 1.807) is 13.8 Å². The molecule has 29 heavy (non-hydrogen) atoms. The molecule has 0 spiro atoms. The minimum Gasteiger partial charge on any atom is -0.366 e. The number of amidine groups is 1. The van der Waals surface area contributed by atoms with Gasteiger partial charge in [-0.2, -0.15) is 0 Å². The maximum atomic E-state index is 13.4. The highest BCUT2D eigenvalue weighted by atomic mass is 32.2. The first-order valence-electron chi connectivity index (χ1n) is 8.59. The van der Waals surface area contributed by atoms with E-state index in [9.17, 15) is 27.2 Å². The van der Waals surface area contributed by atoms with Crippen LogP contribution in [-0.4, -0.2) is 61.5 Å². The van der Waals surface area contributed by atoms with Crippen LogP contribution in [0.1, 0.15) is 19.4 Å². The number of nitrogens with zero attached hydrogens (tertiary/aromatic N) is 2. The lowest BCUT2D eigenvalue weighted by Crippen LogP contribution is -2.62. The van der Waals surface area contributed by atoms with Crippen LogP contribution in [0.15, 0.2) is 28.1 Å². The molecule has 1 aromatic rings. The number of carbonyl (C=O) groups excluding carboxylic acids is 3. The number of hydrogen-bond donors (Lipinski definition) is 2. The molecule has 12 heteroatoms. The molecule has 0 saturated carbocycles. The fourth-order valence-electron chi connectivity index (χ4n) is 3.14. The van der Waals surface area contributed by atoms with Gasteiger partial charge in [-0.15, -0.1) is 0 Å². The smallest absolute Gasteiger partial charge is 0.298 e. The number of aliphatic imine (C=N–C) groups is 1. The number of ketones is 1. The molecule has 1 atom stereocenters. The Labute approximate surface area is 166 Å². The van der Waals surface area contributed by atoms with Gasteiger partial charge in [0, 0.05) is 6.54 Å². The van der Waals surface area contributed by atoms with Gasteiger partial charge in [0.2, 0.25) is 10.0 Å². The van der Waals surface area contributed by atoms with E-state index in [0.717, 1.165) is 18.2 Å². The molecule has 0 aliphatic carbocycles. The third-order valence-corrected chi connectivity index (χ3v) is 5.56. The Kier molecular flexibility index (Phi) is 5.28. The predicted molar refractivity (Wildman–Crippen MR) is 97.6 cm³/mol. The van der Waals surface area contributed by atoms with E-state index in [1.807, 2.05) is 0 Å². The first-order chi connectivity index (χ1) is 13.4. The van der Waals surface area contributed by atoms with Gasteiger partial charge in [0.1, 0.15) is 17.3 Å². The summed E-state index contributed by atoms with van der Waals surface area (Å²) in [7, 11) is -4.24. The molecule has 3 N–H and O–H groups in total. The van der Waals surface area contributed by atoms with E-state index < -0.39 is 50.0 Å². The van der Waals surface area contributed by atoms with Gasteiger partial charge in [-0.05, 0) is 31.5 Å². The molecule has 2 aliphatic heterocycles. The van der Waals surface area contributed by atoms with E-state index in [-0.39, 0.29) is 31.1 Å². The number of amides is 2. The number of morpholine rings is 1. The minimum absolute atomic E-state index is 0.0208. The molecule has 3 rings (SSSR count). The lowest BCUT2D eigenvalue weighted by molar-refractivity contribution is -0.148. The van der Waals surface area contributed by atoms with Gasteiger partial charge in [0.25, 0.3) is 17.6 Å². The van der Waals surface area contributed by atoms with E-state index in [1.165, 1.54) is 4.90 Å². The summed E-state index contributed by atoms with van der Waals surface area (Å²) < 4.78 is 42.2. The monoisotopic (exact) mass is 426 g/mol. The van der Waals surface area contributed by atoms with Crippen LogP contribution in [-0.2, 0) is 35.7 Å². The molecule has 0 bridgehead atoms. The second kappa shape index (κ2) is 7.28. The third-order valence-electron chi connectivity index (χ3n) is 4.56. The van der Waals surface area contributed by atoms with Crippen LogP contribution in [0, 0.1) is 5.82 Å². The Hall–Kier alpha value is -2.70. The van der Waals surface area contributed by atoms with Crippen molar-refractivity contribution < 1.29 is 31.9 Å². The Balaban J connectivity index is 1.85. The fraction of sp³-hybridized carbons (Fsp3) is 0.412. The number of hydrogen-bond acceptors (Lipinski definition) is 7. The second-order valence-corrected chi connectivity index (χ2v) is 8.58. The van der Waals surface area contributed by atoms with Crippen LogP contribution in [0.3, 0.4) is 0 Å². The topological polar surface area (TPSA) is 148 Å². The van der Waals surface area contributed by atoms with E-state index in [0.29, 0.717) is 0 Å². The maximum absolute atomic E-state index is 13.4. The summed E-state index contributed by atoms with van der Waals surface area (Å²) >= 11 is 0. The molecule has 0 radical (unpaired) electrons. The van der Waals surface area contributed by atoms with Crippen molar-refractivity contribution in [3.05, 3.63) is 29.6 Å². The summed E-state index contributed by atoms with van der Waals surface area (Å²) in [6, 6.07) is 1.25. The standard InChI is InChI=1S/C17H19FN4O6S/c1-17(2)16-21-12(13(23)15(25)22(16)5-6-28-17)14(24)20-8-9-3-4-10(18)7-11(9)29(19,26)27/h3-4,7,12H,5-6,8H2,1-2H3,(H,20,24)(H2,19,26,27). The predicted octanol–water partition coefficient (Wildman–Crippen LogP) is -0.923. The number of sulfonamides is 1. The fourth-order valence-corrected chi connectivity index (χ4v) is 3.92. The first-order valence-corrected chi connectivity index (χ1v) is 10.1. The van der Waals surface area contributed by atoms with Crippen LogP contribution < -0.4 is 10.5 Å². The lowest BCUT2D eigenvalue weighted by atomic mass is 9.99. The Morgan fingerprint density at radius 1 is 1.41 bits per heavy atom. The molecular formula is C17H19FN4O6S. The van der Waals surface area contributed by atoms with Gasteiger partial charge in [0.05, 0.1) is 18.0 Å². The van der Waals surface area contributed by atoms with Gasteiger partial charge in [-0.3, -0.25) is 19.3 Å². The summed E-state index contributed by atoms with van der Waals surface area (Å²) in [5.41, 5.74) is -0.947. The maximum Gasteiger partial charge on any atom is 0.298 e. The Morgan fingerprint density at radius 3 is 2.76 bits per heavy atom. The molecule has 1 unspecified atom stereocenters. The summed E-state index contributed by atoms with van der Waals surface area (Å²) in [5.74, 6) is -3.42. The molecule has 2 aliphatic rings. The molecule has 0 aromatic heterocycles.